The maximum atomic E-state index is 12.5. The van der Waals surface area contributed by atoms with E-state index >= 15 is 0 Å². The monoisotopic (exact) mass is 272 g/mol. The van der Waals surface area contributed by atoms with Crippen LogP contribution in [0, 0.1) is 6.92 Å². The highest BCUT2D eigenvalue weighted by atomic mass is 16.2. The van der Waals surface area contributed by atoms with E-state index in [0.29, 0.717) is 6.54 Å². The topological polar surface area (TPSA) is 61.9 Å². The molecule has 1 aromatic carbocycles. The molecule has 20 heavy (non-hydrogen) atoms. The molecule has 0 fully saturated rings. The van der Waals surface area contributed by atoms with Gasteiger partial charge in [0.1, 0.15) is 5.82 Å². The largest absolute Gasteiger partial charge is 0.306 e. The fourth-order valence-electron chi connectivity index (χ4n) is 2.04. The van der Waals surface area contributed by atoms with E-state index in [4.69, 9.17) is 0 Å². The van der Waals surface area contributed by atoms with Crippen LogP contribution in [0.3, 0.4) is 0 Å². The number of benzene rings is 1. The number of aromatic amines is 1. The number of carbonyl (C=O) groups is 1. The van der Waals surface area contributed by atoms with Gasteiger partial charge in [0.2, 0.25) is 5.82 Å². The lowest BCUT2D eigenvalue weighted by Crippen LogP contribution is -2.32. The summed E-state index contributed by atoms with van der Waals surface area (Å²) >= 11 is 0. The molecule has 1 N–H and O–H groups in total. The molecule has 2 rings (SSSR count). The lowest BCUT2D eigenvalue weighted by atomic mass is 10.2. The Hall–Kier alpha value is -2.17. The zero-order valence-corrected chi connectivity index (χ0v) is 12.3. The Bertz CT molecular complexity index is 603. The molecule has 0 saturated heterocycles. The number of amides is 1. The Morgan fingerprint density at radius 2 is 2.05 bits per heavy atom. The molecule has 0 radical (unpaired) electrons. The van der Waals surface area contributed by atoms with Gasteiger partial charge in [-0.15, -0.1) is 5.10 Å². The molecule has 0 aliphatic carbocycles. The molecule has 2 aromatic rings. The maximum Gasteiger partial charge on any atom is 0.297 e. The second kappa shape index (κ2) is 5.86. The Morgan fingerprint density at radius 3 is 2.60 bits per heavy atom. The minimum atomic E-state index is -0.176. The molecule has 0 saturated carbocycles. The van der Waals surface area contributed by atoms with E-state index in [9.17, 15) is 4.79 Å². The number of aryl methyl sites for hydroxylation is 1. The molecule has 5 heteroatoms. The van der Waals surface area contributed by atoms with Gasteiger partial charge in [0.15, 0.2) is 0 Å². The van der Waals surface area contributed by atoms with E-state index in [1.165, 1.54) is 0 Å². The molecule has 106 valence electrons. The van der Waals surface area contributed by atoms with Crippen molar-refractivity contribution in [2.24, 2.45) is 0 Å². The van der Waals surface area contributed by atoms with Crippen molar-refractivity contribution in [1.82, 2.24) is 15.2 Å². The quantitative estimate of drug-likeness (QED) is 0.930. The van der Waals surface area contributed by atoms with Crippen LogP contribution in [-0.4, -0.2) is 27.6 Å². The van der Waals surface area contributed by atoms with Crippen molar-refractivity contribution in [2.75, 3.05) is 11.4 Å². The van der Waals surface area contributed by atoms with Gasteiger partial charge in [0.25, 0.3) is 5.91 Å². The molecule has 0 bridgehead atoms. The Labute approximate surface area is 119 Å². The van der Waals surface area contributed by atoms with Crippen molar-refractivity contribution < 1.29 is 4.79 Å². The van der Waals surface area contributed by atoms with Gasteiger partial charge in [-0.3, -0.25) is 9.89 Å². The highest BCUT2D eigenvalue weighted by Gasteiger charge is 2.22. The van der Waals surface area contributed by atoms with Crippen LogP contribution in [-0.2, 0) is 0 Å². The molecule has 0 atom stereocenters. The third-order valence-corrected chi connectivity index (χ3v) is 3.21. The summed E-state index contributed by atoms with van der Waals surface area (Å²) < 4.78 is 0. The van der Waals surface area contributed by atoms with E-state index in [-0.39, 0.29) is 17.6 Å². The summed E-state index contributed by atoms with van der Waals surface area (Å²) in [6, 6.07) is 7.81. The number of hydrogen-bond donors (Lipinski definition) is 1. The zero-order chi connectivity index (χ0) is 14.7. The summed E-state index contributed by atoms with van der Waals surface area (Å²) in [5.74, 6) is 0.996. The molecule has 1 aromatic heterocycles. The fourth-order valence-corrected chi connectivity index (χ4v) is 2.04. The molecule has 0 aliphatic rings. The summed E-state index contributed by atoms with van der Waals surface area (Å²) in [6.45, 7) is 8.53. The van der Waals surface area contributed by atoms with Crippen LogP contribution >= 0.6 is 0 Å². The van der Waals surface area contributed by atoms with Gasteiger partial charge >= 0.3 is 0 Å². The van der Waals surface area contributed by atoms with Crippen molar-refractivity contribution in [2.45, 2.75) is 33.6 Å². The molecule has 1 heterocycles. The van der Waals surface area contributed by atoms with E-state index in [1.54, 1.807) is 4.90 Å². The highest BCUT2D eigenvalue weighted by Crippen LogP contribution is 2.21. The number of nitrogens with one attached hydrogen (secondary N) is 1. The van der Waals surface area contributed by atoms with Crippen LogP contribution in [0.5, 0.6) is 0 Å². The van der Waals surface area contributed by atoms with Crippen LogP contribution < -0.4 is 4.90 Å². The minimum absolute atomic E-state index is 0.176. The van der Waals surface area contributed by atoms with E-state index in [1.807, 2.05) is 52.0 Å². The summed E-state index contributed by atoms with van der Waals surface area (Å²) in [4.78, 5) is 18.5. The second-order valence-electron chi connectivity index (χ2n) is 5.03. The first-order valence-corrected chi connectivity index (χ1v) is 6.84. The maximum absolute atomic E-state index is 12.5. The number of nitrogens with zero attached hydrogens (tertiary/aromatic N) is 3. The molecule has 0 aliphatic heterocycles. The molecule has 0 unspecified atom stereocenters. The summed E-state index contributed by atoms with van der Waals surface area (Å²) in [5, 5.41) is 6.86. The highest BCUT2D eigenvalue weighted by molar-refractivity contribution is 6.03. The molecular weight excluding hydrogens is 252 g/mol. The first kappa shape index (κ1) is 14.2. The van der Waals surface area contributed by atoms with Gasteiger partial charge in [0, 0.05) is 18.2 Å². The molecule has 1 amide bonds. The molecule has 0 spiro atoms. The van der Waals surface area contributed by atoms with Crippen LogP contribution in [0.1, 0.15) is 48.7 Å². The second-order valence-corrected chi connectivity index (χ2v) is 5.03. The smallest absolute Gasteiger partial charge is 0.297 e. The molecular formula is C15H20N4O. The van der Waals surface area contributed by atoms with Gasteiger partial charge in [-0.05, 0) is 25.5 Å². The lowest BCUT2D eigenvalue weighted by Gasteiger charge is -2.21. The average molecular weight is 272 g/mol. The normalized spacial score (nSPS) is 10.8. The van der Waals surface area contributed by atoms with Gasteiger partial charge in [-0.1, -0.05) is 32.0 Å². The van der Waals surface area contributed by atoms with Gasteiger partial charge in [-0.2, -0.15) is 0 Å². The number of rotatable bonds is 4. The predicted molar refractivity (Wildman–Crippen MR) is 79.0 cm³/mol. The van der Waals surface area contributed by atoms with Gasteiger partial charge in [-0.25, -0.2) is 4.98 Å². The van der Waals surface area contributed by atoms with Crippen LogP contribution in [0.15, 0.2) is 24.3 Å². The fraction of sp³-hybridized carbons (Fsp3) is 0.400. The number of aromatic nitrogens is 3. The number of carbonyl (C=O) groups excluding carboxylic acids is 1. The average Bonchev–Trinajstić information content (AvgIpc) is 2.91. The minimum Gasteiger partial charge on any atom is -0.306 e. The zero-order valence-electron chi connectivity index (χ0n) is 12.3. The third kappa shape index (κ3) is 2.71. The lowest BCUT2D eigenvalue weighted by molar-refractivity contribution is 0.0978. The van der Waals surface area contributed by atoms with Crippen molar-refractivity contribution >= 4 is 11.6 Å². The summed E-state index contributed by atoms with van der Waals surface area (Å²) in [6.07, 6.45) is 0. The van der Waals surface area contributed by atoms with Crippen molar-refractivity contribution in [3.8, 4) is 0 Å². The van der Waals surface area contributed by atoms with Crippen LogP contribution in [0.2, 0.25) is 0 Å². The Morgan fingerprint density at radius 1 is 1.35 bits per heavy atom. The number of H-pyrrole nitrogens is 1. The van der Waals surface area contributed by atoms with Gasteiger partial charge < -0.3 is 4.90 Å². The van der Waals surface area contributed by atoms with Gasteiger partial charge in [0.05, 0.1) is 0 Å². The first-order valence-electron chi connectivity index (χ1n) is 6.84. The Kier molecular flexibility index (Phi) is 4.17. The number of anilines is 1. The van der Waals surface area contributed by atoms with E-state index in [0.717, 1.165) is 17.1 Å². The third-order valence-electron chi connectivity index (χ3n) is 3.21. The summed E-state index contributed by atoms with van der Waals surface area (Å²) in [5.41, 5.74) is 1.96. The van der Waals surface area contributed by atoms with Crippen LogP contribution in [0.25, 0.3) is 0 Å². The van der Waals surface area contributed by atoms with Crippen LogP contribution in [0.4, 0.5) is 5.69 Å². The Balaban J connectivity index is 2.32. The standard InChI is InChI=1S/C15H20N4O/c1-5-19(12-9-7-6-8-11(12)4)15(20)14-16-13(10(2)3)17-18-14/h6-10H,5H2,1-4H3,(H,16,17,18). The van der Waals surface area contributed by atoms with Crippen molar-refractivity contribution in [3.63, 3.8) is 0 Å². The van der Waals surface area contributed by atoms with Crippen molar-refractivity contribution in [1.29, 1.82) is 0 Å². The predicted octanol–water partition coefficient (Wildman–Crippen LogP) is 2.90. The number of hydrogen-bond acceptors (Lipinski definition) is 3. The number of para-hydroxylation sites is 1. The van der Waals surface area contributed by atoms with E-state index in [2.05, 4.69) is 15.2 Å². The van der Waals surface area contributed by atoms with E-state index < -0.39 is 0 Å². The summed E-state index contributed by atoms with van der Waals surface area (Å²) in [7, 11) is 0. The SMILES string of the molecule is CCN(C(=O)c1n[nH]c(C(C)C)n1)c1ccccc1C. The first-order chi connectivity index (χ1) is 9.54. The molecule has 5 nitrogen and oxygen atoms in total. The van der Waals surface area contributed by atoms with Crippen molar-refractivity contribution in [3.05, 3.63) is 41.5 Å².